The van der Waals surface area contributed by atoms with Crippen molar-refractivity contribution in [2.45, 2.75) is 42.9 Å². The molecule has 158 valence electrons. The van der Waals surface area contributed by atoms with Crippen molar-refractivity contribution in [1.29, 1.82) is 0 Å². The van der Waals surface area contributed by atoms with E-state index in [9.17, 15) is 19.7 Å². The number of hydrogen-bond donors (Lipinski definition) is 3. The predicted molar refractivity (Wildman–Crippen MR) is 102 cm³/mol. The molecule has 3 saturated heterocycles. The zero-order valence-corrected chi connectivity index (χ0v) is 17.0. The molecule has 3 aliphatic rings. The Hall–Kier alpha value is -1.28. The van der Waals surface area contributed by atoms with Gasteiger partial charge >= 0.3 is 0 Å². The molecular formula is C15H24N4O7S2. The number of hydrogen-bond acceptors (Lipinski definition) is 10. The van der Waals surface area contributed by atoms with E-state index in [-0.39, 0.29) is 31.1 Å². The number of fused-ring (bicyclic) bond motifs is 1. The topological polar surface area (TPSA) is 141 Å². The number of amides is 2. The molecule has 3 heterocycles. The zero-order valence-electron chi connectivity index (χ0n) is 15.3. The maximum absolute atomic E-state index is 12.8. The number of ether oxygens (including phenoxy) is 2. The van der Waals surface area contributed by atoms with Crippen LogP contribution < -0.4 is 16.0 Å². The van der Waals surface area contributed by atoms with Gasteiger partial charge in [-0.2, -0.15) is 11.8 Å². The molecule has 0 unspecified atom stereocenters. The summed E-state index contributed by atoms with van der Waals surface area (Å²) in [5.74, 6) is 1.60. The molecule has 3 fully saturated rings. The van der Waals surface area contributed by atoms with Crippen LogP contribution in [0.25, 0.3) is 0 Å². The van der Waals surface area contributed by atoms with Gasteiger partial charge in [0.25, 0.3) is 5.09 Å². The minimum atomic E-state index is -0.866. The van der Waals surface area contributed by atoms with Gasteiger partial charge in [-0.15, -0.1) is 21.9 Å². The van der Waals surface area contributed by atoms with E-state index in [1.807, 2.05) is 6.26 Å². The van der Waals surface area contributed by atoms with Crippen LogP contribution in [0.4, 0.5) is 0 Å². The number of nitrogens with one attached hydrogen (secondary N) is 3. The van der Waals surface area contributed by atoms with Crippen molar-refractivity contribution in [3.05, 3.63) is 10.1 Å². The number of nitrogens with zero attached hydrogens (tertiary/aromatic N) is 1. The Balaban J connectivity index is 1.55. The Labute approximate surface area is 170 Å². The van der Waals surface area contributed by atoms with Crippen molar-refractivity contribution in [2.75, 3.05) is 36.9 Å². The lowest BCUT2D eigenvalue weighted by Gasteiger charge is -2.23. The molecule has 6 atom stereocenters. The summed E-state index contributed by atoms with van der Waals surface area (Å²) in [6, 6.07) is -1.42. The monoisotopic (exact) mass is 436 g/mol. The van der Waals surface area contributed by atoms with Crippen LogP contribution in [0.15, 0.2) is 0 Å². The SMILES string of the molecule is CSCC[C@@H](NC(=O)[C@@H]1CSCN1)C(=O)N[C@H]1CO[C@H]2[C@@H]1OC[C@@H]2O[N+](=O)[O-]. The molecule has 0 aromatic rings. The highest BCUT2D eigenvalue weighted by Crippen LogP contribution is 2.29. The van der Waals surface area contributed by atoms with Crippen molar-refractivity contribution >= 4 is 35.3 Å². The molecule has 0 spiro atoms. The van der Waals surface area contributed by atoms with Gasteiger partial charge < -0.3 is 24.9 Å². The number of rotatable bonds is 9. The third-order valence-corrected chi connectivity index (χ3v) is 6.42. The summed E-state index contributed by atoms with van der Waals surface area (Å²) in [7, 11) is 0. The summed E-state index contributed by atoms with van der Waals surface area (Å²) in [4.78, 5) is 40.3. The van der Waals surface area contributed by atoms with Gasteiger partial charge in [-0.1, -0.05) is 0 Å². The summed E-state index contributed by atoms with van der Waals surface area (Å²) < 4.78 is 11.1. The molecule has 0 bridgehead atoms. The fourth-order valence-electron chi connectivity index (χ4n) is 3.41. The van der Waals surface area contributed by atoms with E-state index in [0.717, 1.165) is 0 Å². The van der Waals surface area contributed by atoms with Crippen LogP contribution in [0.5, 0.6) is 0 Å². The van der Waals surface area contributed by atoms with E-state index in [0.29, 0.717) is 23.8 Å². The van der Waals surface area contributed by atoms with E-state index in [2.05, 4.69) is 20.8 Å². The number of thioether (sulfide) groups is 2. The number of carbonyl (C=O) groups is 2. The Bertz CT molecular complexity index is 593. The van der Waals surface area contributed by atoms with Crippen molar-refractivity contribution in [3.63, 3.8) is 0 Å². The van der Waals surface area contributed by atoms with Gasteiger partial charge in [-0.05, 0) is 18.4 Å². The molecule has 28 heavy (non-hydrogen) atoms. The summed E-state index contributed by atoms with van der Waals surface area (Å²) >= 11 is 3.23. The van der Waals surface area contributed by atoms with Crippen LogP contribution in [-0.4, -0.2) is 90.2 Å². The molecule has 11 nitrogen and oxygen atoms in total. The molecule has 0 aromatic heterocycles. The molecule has 3 rings (SSSR count). The first-order valence-corrected chi connectivity index (χ1v) is 11.5. The van der Waals surface area contributed by atoms with Gasteiger partial charge in [0.1, 0.15) is 18.2 Å². The average Bonchev–Trinajstić information content (AvgIpc) is 3.38. The summed E-state index contributed by atoms with van der Waals surface area (Å²) in [5.41, 5.74) is 0. The maximum Gasteiger partial charge on any atom is 0.294 e. The number of carbonyl (C=O) groups excluding carboxylic acids is 2. The van der Waals surface area contributed by atoms with Crippen LogP contribution >= 0.6 is 23.5 Å². The van der Waals surface area contributed by atoms with Crippen molar-refractivity contribution in [1.82, 2.24) is 16.0 Å². The second-order valence-corrected chi connectivity index (χ2v) is 8.71. The molecule has 0 radical (unpaired) electrons. The van der Waals surface area contributed by atoms with E-state index in [4.69, 9.17) is 9.47 Å². The van der Waals surface area contributed by atoms with Crippen LogP contribution in [0.1, 0.15) is 6.42 Å². The molecule has 13 heteroatoms. The first-order chi connectivity index (χ1) is 13.5. The van der Waals surface area contributed by atoms with E-state index in [1.165, 1.54) is 0 Å². The first kappa shape index (κ1) is 21.4. The van der Waals surface area contributed by atoms with Crippen LogP contribution in [0.2, 0.25) is 0 Å². The van der Waals surface area contributed by atoms with Crippen LogP contribution in [-0.2, 0) is 23.9 Å². The summed E-state index contributed by atoms with van der Waals surface area (Å²) in [6.07, 6.45) is 0.505. The minimum absolute atomic E-state index is 0.0281. The van der Waals surface area contributed by atoms with Gasteiger partial charge in [-0.3, -0.25) is 14.9 Å². The fraction of sp³-hybridized carbons (Fsp3) is 0.867. The Morgan fingerprint density at radius 3 is 2.86 bits per heavy atom. The summed E-state index contributed by atoms with van der Waals surface area (Å²) in [6.45, 7) is 0.197. The molecule has 0 aliphatic carbocycles. The second-order valence-electron chi connectivity index (χ2n) is 6.69. The second kappa shape index (κ2) is 9.96. The maximum atomic E-state index is 12.8. The van der Waals surface area contributed by atoms with Gasteiger partial charge in [0.15, 0.2) is 6.10 Å². The molecule has 2 amide bonds. The predicted octanol–water partition coefficient (Wildman–Crippen LogP) is -1.25. The lowest BCUT2D eigenvalue weighted by Crippen LogP contribution is -2.55. The molecule has 3 N–H and O–H groups in total. The van der Waals surface area contributed by atoms with Crippen molar-refractivity contribution < 1.29 is 29.0 Å². The molecule has 0 saturated carbocycles. The molecule has 0 aromatic carbocycles. The van der Waals surface area contributed by atoms with Crippen LogP contribution in [0, 0.1) is 10.1 Å². The lowest BCUT2D eigenvalue weighted by atomic mass is 10.1. The van der Waals surface area contributed by atoms with Crippen molar-refractivity contribution in [3.8, 4) is 0 Å². The van der Waals surface area contributed by atoms with Crippen LogP contribution in [0.3, 0.4) is 0 Å². The minimum Gasteiger partial charge on any atom is -0.371 e. The first-order valence-electron chi connectivity index (χ1n) is 8.94. The Morgan fingerprint density at radius 1 is 1.39 bits per heavy atom. The largest absolute Gasteiger partial charge is 0.371 e. The highest BCUT2D eigenvalue weighted by atomic mass is 32.2. The molecule has 3 aliphatic heterocycles. The van der Waals surface area contributed by atoms with Gasteiger partial charge in [-0.25, -0.2) is 0 Å². The van der Waals surface area contributed by atoms with Gasteiger partial charge in [0, 0.05) is 11.6 Å². The van der Waals surface area contributed by atoms with Gasteiger partial charge in [0.2, 0.25) is 11.8 Å². The third-order valence-electron chi connectivity index (χ3n) is 4.83. The lowest BCUT2D eigenvalue weighted by molar-refractivity contribution is -0.769. The quantitative estimate of drug-likeness (QED) is 0.296. The zero-order chi connectivity index (χ0) is 20.1. The highest BCUT2D eigenvalue weighted by molar-refractivity contribution is 7.99. The van der Waals surface area contributed by atoms with E-state index in [1.54, 1.807) is 23.5 Å². The van der Waals surface area contributed by atoms with E-state index < -0.39 is 35.5 Å². The highest BCUT2D eigenvalue weighted by Gasteiger charge is 2.50. The third kappa shape index (κ3) is 5.20. The smallest absolute Gasteiger partial charge is 0.294 e. The fourth-order valence-corrected chi connectivity index (χ4v) is 4.83. The Morgan fingerprint density at radius 2 is 2.18 bits per heavy atom. The summed E-state index contributed by atoms with van der Waals surface area (Å²) in [5, 5.41) is 18.5. The van der Waals surface area contributed by atoms with E-state index >= 15 is 0 Å². The van der Waals surface area contributed by atoms with Crippen molar-refractivity contribution in [2.24, 2.45) is 0 Å². The molecular weight excluding hydrogens is 412 g/mol. The standard InChI is InChI=1S/C15H24N4O7S2/c1-27-3-2-8(17-15(21)10-6-28-7-16-10)14(20)18-9-4-24-13-11(26-19(22)23)5-25-12(9)13/h8-13,16H,2-7H2,1H3,(H,17,21)(H,18,20)/t8-,9+,10+,11+,12-,13-/m1/s1. The van der Waals surface area contributed by atoms with Gasteiger partial charge in [0.05, 0.1) is 25.3 Å². The normalized spacial score (nSPS) is 32.5. The average molecular weight is 437 g/mol. The Kier molecular flexibility index (Phi) is 7.62.